The van der Waals surface area contributed by atoms with Crippen LogP contribution in [0, 0.1) is 3.95 Å². The number of hydrogen-bond acceptors (Lipinski definition) is 14. The zero-order valence-electron chi connectivity index (χ0n) is 27.6. The smallest absolute Gasteiger partial charge is 0.325 e. The van der Waals surface area contributed by atoms with Gasteiger partial charge in [-0.05, 0) is 62.0 Å². The lowest BCUT2D eigenvalue weighted by molar-refractivity contribution is -0.143. The summed E-state index contributed by atoms with van der Waals surface area (Å²) < 4.78 is 22.9. The normalized spacial score (nSPS) is 11.3. The van der Waals surface area contributed by atoms with E-state index < -0.39 is 11.9 Å². The molecule has 0 aliphatic carbocycles. The minimum atomic E-state index is -0.453. The van der Waals surface area contributed by atoms with E-state index in [2.05, 4.69) is 34.1 Å². The first kappa shape index (κ1) is 42.4. The average Bonchev–Trinajstić information content (AvgIpc) is 3.95. The number of benzene rings is 2. The third kappa shape index (κ3) is 18.9. The van der Waals surface area contributed by atoms with Crippen molar-refractivity contribution in [2.45, 2.75) is 31.0 Å². The van der Waals surface area contributed by atoms with Gasteiger partial charge < -0.3 is 24.8 Å². The number of aromatic nitrogens is 4. The molecule has 50 heavy (non-hydrogen) atoms. The number of hydrogen-bond donors (Lipinski definition) is 3. The summed E-state index contributed by atoms with van der Waals surface area (Å²) in [5.41, 5.74) is 2.02. The van der Waals surface area contributed by atoms with Gasteiger partial charge >= 0.3 is 11.9 Å². The highest BCUT2D eigenvalue weighted by Gasteiger charge is 2.11. The Labute approximate surface area is 313 Å². The number of carbonyl (C=O) groups excluding carboxylic acids is 4. The SMILES string of the molecule is C1CCOC1.CCOC(=O)CNC(=O)CCl.CCOC(=O)CNC(=O)CSc1nc(-c2ccccc2)ns1.S=c1nc(-c2ccccc2)[nH]s1. The van der Waals surface area contributed by atoms with Gasteiger partial charge in [-0.2, -0.15) is 4.37 Å². The number of H-pyrrole nitrogens is 1. The Balaban J connectivity index is 0.000000260. The van der Waals surface area contributed by atoms with Crippen LogP contribution in [0.15, 0.2) is 65.0 Å². The van der Waals surface area contributed by atoms with Crippen LogP contribution in [0.3, 0.4) is 0 Å². The van der Waals surface area contributed by atoms with Gasteiger partial charge in [0, 0.05) is 24.3 Å². The first-order valence-electron chi connectivity index (χ1n) is 15.4. The summed E-state index contributed by atoms with van der Waals surface area (Å²) in [6, 6.07) is 19.6. The van der Waals surface area contributed by atoms with E-state index in [1.165, 1.54) is 47.7 Å². The summed E-state index contributed by atoms with van der Waals surface area (Å²) in [7, 11) is 0. The fourth-order valence-electron chi connectivity index (χ4n) is 3.42. The maximum absolute atomic E-state index is 11.6. The van der Waals surface area contributed by atoms with Crippen molar-refractivity contribution >= 4 is 82.4 Å². The van der Waals surface area contributed by atoms with E-state index in [9.17, 15) is 19.2 Å². The molecule has 0 saturated carbocycles. The lowest BCUT2D eigenvalue weighted by Gasteiger charge is -2.03. The molecule has 1 aliphatic rings. The van der Waals surface area contributed by atoms with Crippen LogP contribution < -0.4 is 10.6 Å². The van der Waals surface area contributed by atoms with E-state index in [1.807, 2.05) is 60.7 Å². The van der Waals surface area contributed by atoms with Crippen LogP contribution in [0.5, 0.6) is 0 Å². The van der Waals surface area contributed by atoms with Crippen LogP contribution in [-0.2, 0) is 33.4 Å². The molecule has 1 aliphatic heterocycles. The molecular formula is C32H39ClN6O7S4. The molecule has 5 rings (SSSR count). The maximum Gasteiger partial charge on any atom is 0.325 e. The molecular weight excluding hydrogens is 744 g/mol. The van der Waals surface area contributed by atoms with Gasteiger partial charge in [-0.3, -0.25) is 23.6 Å². The predicted octanol–water partition coefficient (Wildman–Crippen LogP) is 5.55. The van der Waals surface area contributed by atoms with E-state index in [4.69, 9.17) is 33.3 Å². The second-order valence-corrected chi connectivity index (χ2v) is 13.1. The van der Waals surface area contributed by atoms with Crippen molar-refractivity contribution in [1.29, 1.82) is 0 Å². The molecule has 0 spiro atoms. The highest BCUT2D eigenvalue weighted by atomic mass is 35.5. The Morgan fingerprint density at radius 3 is 1.92 bits per heavy atom. The number of ether oxygens (including phenoxy) is 3. The predicted molar refractivity (Wildman–Crippen MR) is 199 cm³/mol. The number of rotatable bonds is 12. The summed E-state index contributed by atoms with van der Waals surface area (Å²) in [5, 5.41) is 4.77. The number of amides is 2. The molecule has 1 saturated heterocycles. The van der Waals surface area contributed by atoms with Gasteiger partial charge in [0.2, 0.25) is 11.8 Å². The summed E-state index contributed by atoms with van der Waals surface area (Å²) >= 11 is 14.0. The van der Waals surface area contributed by atoms with Gasteiger partial charge in [0.05, 0.1) is 19.0 Å². The third-order valence-electron chi connectivity index (χ3n) is 5.67. The molecule has 2 amide bonds. The molecule has 0 bridgehead atoms. The van der Waals surface area contributed by atoms with Crippen molar-refractivity contribution in [3.05, 3.63) is 64.6 Å². The highest BCUT2D eigenvalue weighted by Crippen LogP contribution is 2.24. The van der Waals surface area contributed by atoms with Crippen molar-refractivity contribution in [2.75, 3.05) is 51.1 Å². The van der Waals surface area contributed by atoms with Crippen LogP contribution in [0.25, 0.3) is 22.8 Å². The van der Waals surface area contributed by atoms with E-state index in [-0.39, 0.29) is 36.5 Å². The fourth-order valence-corrected chi connectivity index (χ4v) is 5.66. The largest absolute Gasteiger partial charge is 0.465 e. The van der Waals surface area contributed by atoms with Crippen molar-refractivity contribution in [1.82, 2.24) is 29.3 Å². The van der Waals surface area contributed by atoms with Gasteiger partial charge in [-0.15, -0.1) is 11.6 Å². The second kappa shape index (κ2) is 26.1. The molecule has 2 aromatic heterocycles. The average molecular weight is 783 g/mol. The number of esters is 2. The number of nitrogens with one attached hydrogen (secondary N) is 3. The Bertz CT molecular complexity index is 1610. The van der Waals surface area contributed by atoms with Gasteiger partial charge in [-0.1, -0.05) is 72.4 Å². The van der Waals surface area contributed by atoms with E-state index >= 15 is 0 Å². The third-order valence-corrected chi connectivity index (χ3v) is 8.65. The highest BCUT2D eigenvalue weighted by molar-refractivity contribution is 8.01. The van der Waals surface area contributed by atoms with Crippen LogP contribution in [0.1, 0.15) is 26.7 Å². The quantitative estimate of drug-likeness (QED) is 0.0709. The van der Waals surface area contributed by atoms with Gasteiger partial charge in [0.1, 0.15) is 24.8 Å². The molecule has 2 aromatic carbocycles. The van der Waals surface area contributed by atoms with Gasteiger partial charge in [0.25, 0.3) is 0 Å². The van der Waals surface area contributed by atoms with E-state index in [1.54, 1.807) is 13.8 Å². The molecule has 3 heterocycles. The molecule has 0 atom stereocenters. The zero-order valence-corrected chi connectivity index (χ0v) is 31.6. The molecule has 1 fully saturated rings. The molecule has 4 aromatic rings. The standard InChI is InChI=1S/C14H15N3O3S2.C8H6N2S2.C6H10ClNO3.C4H8O/c1-2-20-12(19)8-15-11(18)9-21-14-16-13(17-22-14)10-6-4-3-5-7-10;11-8-9-7(10-12-8)6-4-2-1-3-5-6;1-2-11-6(10)4-8-5(9)3-7;1-2-4-5-3-1/h3-7H,2,8-9H2,1H3,(H,15,18);1-5H,(H,9,10,11);2-4H2,1H3,(H,8,9);1-4H2. The second-order valence-electron chi connectivity index (χ2n) is 9.45. The van der Waals surface area contributed by atoms with Crippen LogP contribution in [0.2, 0.25) is 0 Å². The summed E-state index contributed by atoms with van der Waals surface area (Å²) in [5.74, 6) is 0.0383. The lowest BCUT2D eigenvalue weighted by atomic mass is 10.2. The topological polar surface area (TPSA) is 174 Å². The summed E-state index contributed by atoms with van der Waals surface area (Å²) in [4.78, 5) is 52.3. The molecule has 0 radical (unpaired) electrons. The van der Waals surface area contributed by atoms with Crippen LogP contribution >= 0.6 is 58.6 Å². The maximum atomic E-state index is 11.6. The first-order chi connectivity index (χ1) is 24.2. The van der Waals surface area contributed by atoms with Crippen LogP contribution in [0.4, 0.5) is 0 Å². The van der Waals surface area contributed by atoms with Crippen molar-refractivity contribution in [3.63, 3.8) is 0 Å². The number of carbonyl (C=O) groups is 4. The minimum absolute atomic E-state index is 0.112. The van der Waals surface area contributed by atoms with Crippen LogP contribution in [-0.4, -0.2) is 93.6 Å². The Kier molecular flexibility index (Phi) is 22.2. The Hall–Kier alpha value is -3.74. The molecule has 3 N–H and O–H groups in total. The fraction of sp³-hybridized carbons (Fsp3) is 0.375. The zero-order chi connectivity index (χ0) is 36.4. The summed E-state index contributed by atoms with van der Waals surface area (Å²) in [6.07, 6.45) is 2.56. The number of alkyl halides is 1. The number of nitrogens with zero attached hydrogens (tertiary/aromatic N) is 3. The number of halogens is 1. The first-order valence-corrected chi connectivity index (χ1v) is 18.9. The number of thioether (sulfide) groups is 1. The molecule has 13 nitrogen and oxygen atoms in total. The molecule has 270 valence electrons. The Morgan fingerprint density at radius 1 is 0.880 bits per heavy atom. The lowest BCUT2D eigenvalue weighted by Crippen LogP contribution is -2.31. The summed E-state index contributed by atoms with van der Waals surface area (Å²) in [6.45, 7) is 5.81. The Morgan fingerprint density at radius 2 is 1.44 bits per heavy atom. The van der Waals surface area contributed by atoms with Gasteiger partial charge in [0.15, 0.2) is 14.1 Å². The van der Waals surface area contributed by atoms with Crippen molar-refractivity contribution in [3.8, 4) is 22.8 Å². The van der Waals surface area contributed by atoms with Gasteiger partial charge in [-0.25, -0.2) is 9.97 Å². The van der Waals surface area contributed by atoms with E-state index in [0.29, 0.717) is 27.3 Å². The molecule has 18 heteroatoms. The monoisotopic (exact) mass is 782 g/mol. The van der Waals surface area contributed by atoms with E-state index in [0.717, 1.165) is 30.2 Å². The van der Waals surface area contributed by atoms with Crippen molar-refractivity contribution in [2.24, 2.45) is 0 Å². The molecule has 0 unspecified atom stereocenters. The number of aromatic amines is 1. The van der Waals surface area contributed by atoms with Crippen molar-refractivity contribution < 1.29 is 33.4 Å². The minimum Gasteiger partial charge on any atom is -0.465 e.